The van der Waals surface area contributed by atoms with Crippen molar-refractivity contribution in [2.24, 2.45) is 0 Å². The van der Waals surface area contributed by atoms with E-state index in [0.29, 0.717) is 43.3 Å². The fraction of sp³-hybridized carbons (Fsp3) is 0.424. The van der Waals surface area contributed by atoms with E-state index in [1.165, 1.54) is 17.7 Å². The van der Waals surface area contributed by atoms with Crippen LogP contribution in [0.1, 0.15) is 66.9 Å². The summed E-state index contributed by atoms with van der Waals surface area (Å²) in [6.07, 6.45) is 3.16. The van der Waals surface area contributed by atoms with Crippen molar-refractivity contribution in [3.63, 3.8) is 0 Å². The molecule has 3 aliphatic heterocycles. The summed E-state index contributed by atoms with van der Waals surface area (Å²) >= 11 is 6.20. The van der Waals surface area contributed by atoms with Gasteiger partial charge >= 0.3 is 0 Å². The van der Waals surface area contributed by atoms with Gasteiger partial charge in [-0.25, -0.2) is 12.8 Å². The van der Waals surface area contributed by atoms with Crippen LogP contribution in [0.4, 0.5) is 10.1 Å². The van der Waals surface area contributed by atoms with E-state index in [9.17, 15) is 22.7 Å². The van der Waals surface area contributed by atoms with Crippen molar-refractivity contribution in [2.75, 3.05) is 31.1 Å². The summed E-state index contributed by atoms with van der Waals surface area (Å²) in [6.45, 7) is 5.13. The topological polar surface area (TPSA) is 81.2 Å². The second-order valence-electron chi connectivity index (χ2n) is 12.5. The highest BCUT2D eigenvalue weighted by molar-refractivity contribution is 7.89. The Balaban J connectivity index is 1.26. The average Bonchev–Trinajstić information content (AvgIpc) is 3.25. The van der Waals surface area contributed by atoms with Gasteiger partial charge in [0.1, 0.15) is 5.82 Å². The number of benzene rings is 3. The monoisotopic (exact) mass is 625 g/mol. The predicted molar refractivity (Wildman–Crippen MR) is 165 cm³/mol. The summed E-state index contributed by atoms with van der Waals surface area (Å²) in [7, 11) is -3.76. The van der Waals surface area contributed by atoms with Gasteiger partial charge < -0.3 is 14.9 Å². The summed E-state index contributed by atoms with van der Waals surface area (Å²) in [5.74, 6) is -0.416. The van der Waals surface area contributed by atoms with E-state index in [-0.39, 0.29) is 33.5 Å². The van der Waals surface area contributed by atoms with E-state index in [1.807, 2.05) is 18.2 Å². The minimum Gasteiger partial charge on any atom is -0.386 e. The lowest BCUT2D eigenvalue weighted by atomic mass is 9.90. The molecule has 3 saturated heterocycles. The number of carbonyl (C=O) groups is 1. The number of rotatable bonds is 6. The Morgan fingerprint density at radius 1 is 0.930 bits per heavy atom. The average molecular weight is 626 g/mol. The van der Waals surface area contributed by atoms with Gasteiger partial charge in [0.05, 0.1) is 21.1 Å². The van der Waals surface area contributed by atoms with Gasteiger partial charge in [-0.1, -0.05) is 48.0 Å². The Labute approximate surface area is 257 Å². The van der Waals surface area contributed by atoms with Crippen LogP contribution in [0.25, 0.3) is 0 Å². The van der Waals surface area contributed by atoms with Crippen LogP contribution in [-0.4, -0.2) is 66.9 Å². The Morgan fingerprint density at radius 2 is 1.58 bits per heavy atom. The fourth-order valence-corrected chi connectivity index (χ4v) is 8.74. The highest BCUT2D eigenvalue weighted by atomic mass is 35.5. The Bertz CT molecular complexity index is 1610. The first-order valence-electron chi connectivity index (χ1n) is 14.9. The normalized spacial score (nSPS) is 21.8. The molecule has 2 bridgehead atoms. The van der Waals surface area contributed by atoms with Crippen LogP contribution in [0.15, 0.2) is 71.6 Å². The van der Waals surface area contributed by atoms with Crippen LogP contribution in [-0.2, 0) is 15.6 Å². The van der Waals surface area contributed by atoms with Gasteiger partial charge in [0.15, 0.2) is 0 Å². The molecule has 0 spiro atoms. The van der Waals surface area contributed by atoms with E-state index in [0.717, 1.165) is 31.7 Å². The van der Waals surface area contributed by atoms with Crippen LogP contribution < -0.4 is 4.90 Å². The molecule has 7 nitrogen and oxygen atoms in total. The summed E-state index contributed by atoms with van der Waals surface area (Å²) in [5.41, 5.74) is 1.63. The second-order valence-corrected chi connectivity index (χ2v) is 14.8. The fourth-order valence-electron chi connectivity index (χ4n) is 7.00. The number of carbonyl (C=O) groups excluding carboxylic acids is 1. The smallest absolute Gasteiger partial charge is 0.255 e. The summed E-state index contributed by atoms with van der Waals surface area (Å²) in [5, 5.41) is 11.2. The Hall–Kier alpha value is -2.98. The first-order valence-corrected chi connectivity index (χ1v) is 16.7. The number of piperazine rings is 1. The summed E-state index contributed by atoms with van der Waals surface area (Å²) in [4.78, 5) is 17.5. The van der Waals surface area contributed by atoms with E-state index < -0.39 is 21.4 Å². The number of nitrogens with zero attached hydrogens (tertiary/aromatic N) is 3. The standard InChI is InChI=1S/C33H37ClFN3O4S/c1-33(2,40)29-13-11-27(43(41,42)37-16-14-23(15-17-37)22-6-4-3-5-7-22)19-31(29)38-25-9-10-26(38)21-36(20-25)32(39)28-12-8-24(35)18-30(28)34/h3-8,11-13,18-19,23,25-26,40H,9-10,14-17,20-21H2,1-2H3. The maximum atomic E-state index is 13.9. The predicted octanol–water partition coefficient (Wildman–Crippen LogP) is 5.77. The molecule has 1 amide bonds. The molecule has 228 valence electrons. The second kappa shape index (κ2) is 11.5. The molecule has 2 atom stereocenters. The van der Waals surface area contributed by atoms with Crippen molar-refractivity contribution in [3.05, 3.63) is 94.3 Å². The molecule has 0 radical (unpaired) electrons. The van der Waals surface area contributed by atoms with Gasteiger partial charge in [0.25, 0.3) is 5.91 Å². The molecule has 3 heterocycles. The first kappa shape index (κ1) is 30.1. The zero-order chi connectivity index (χ0) is 30.5. The maximum Gasteiger partial charge on any atom is 0.255 e. The minimum absolute atomic E-state index is 0.0670. The zero-order valence-corrected chi connectivity index (χ0v) is 26.0. The van der Waals surface area contributed by atoms with Crippen molar-refractivity contribution in [1.82, 2.24) is 9.21 Å². The number of halogens is 2. The molecule has 6 rings (SSSR count). The number of aliphatic hydroxyl groups is 1. The number of likely N-dealkylation sites (tertiary alicyclic amines) is 1. The molecule has 0 aromatic heterocycles. The Morgan fingerprint density at radius 3 is 2.19 bits per heavy atom. The number of fused-ring (bicyclic) bond motifs is 2. The van der Waals surface area contributed by atoms with Crippen molar-refractivity contribution in [1.29, 1.82) is 0 Å². The number of piperidine rings is 1. The van der Waals surface area contributed by atoms with Gasteiger partial charge in [-0.15, -0.1) is 0 Å². The summed E-state index contributed by atoms with van der Waals surface area (Å²) in [6, 6.07) is 18.9. The molecule has 0 aliphatic carbocycles. The third-order valence-electron chi connectivity index (χ3n) is 9.20. The third kappa shape index (κ3) is 5.80. The number of hydrogen-bond donors (Lipinski definition) is 1. The maximum absolute atomic E-state index is 13.9. The largest absolute Gasteiger partial charge is 0.386 e. The van der Waals surface area contributed by atoms with Crippen molar-refractivity contribution < 1.29 is 22.7 Å². The van der Waals surface area contributed by atoms with Gasteiger partial charge in [0, 0.05) is 49.5 Å². The first-order chi connectivity index (χ1) is 20.4. The highest BCUT2D eigenvalue weighted by Gasteiger charge is 2.44. The molecule has 3 fully saturated rings. The van der Waals surface area contributed by atoms with Crippen molar-refractivity contribution >= 4 is 33.2 Å². The van der Waals surface area contributed by atoms with Crippen LogP contribution in [0.3, 0.4) is 0 Å². The van der Waals surface area contributed by atoms with Crippen LogP contribution >= 0.6 is 11.6 Å². The van der Waals surface area contributed by atoms with Crippen molar-refractivity contribution in [2.45, 2.75) is 68.0 Å². The minimum atomic E-state index is -3.76. The molecule has 0 saturated carbocycles. The van der Waals surface area contributed by atoms with E-state index >= 15 is 0 Å². The van der Waals surface area contributed by atoms with E-state index in [1.54, 1.807) is 41.3 Å². The molecule has 2 unspecified atom stereocenters. The van der Waals surface area contributed by atoms with Crippen LogP contribution in [0.2, 0.25) is 5.02 Å². The number of hydrogen-bond acceptors (Lipinski definition) is 5. The Kier molecular flexibility index (Phi) is 8.04. The molecular formula is C33H37ClFN3O4S. The molecular weight excluding hydrogens is 589 g/mol. The van der Waals surface area contributed by atoms with Gasteiger partial charge in [0.2, 0.25) is 10.0 Å². The van der Waals surface area contributed by atoms with E-state index in [4.69, 9.17) is 11.6 Å². The highest BCUT2D eigenvalue weighted by Crippen LogP contribution is 2.42. The van der Waals surface area contributed by atoms with Crippen molar-refractivity contribution in [3.8, 4) is 0 Å². The molecule has 3 aromatic carbocycles. The number of amides is 1. The quantitative estimate of drug-likeness (QED) is 0.376. The molecule has 10 heteroatoms. The van der Waals surface area contributed by atoms with Crippen LogP contribution in [0.5, 0.6) is 0 Å². The van der Waals surface area contributed by atoms with Gasteiger partial charge in [-0.3, -0.25) is 4.79 Å². The van der Waals surface area contributed by atoms with Gasteiger partial charge in [-0.2, -0.15) is 4.31 Å². The SMILES string of the molecule is CC(C)(O)c1ccc(S(=O)(=O)N2CCC(c3ccccc3)CC2)cc1N1C2CCC1CN(C(=O)c1ccc(F)cc1Cl)C2. The lowest BCUT2D eigenvalue weighted by molar-refractivity contribution is 0.0706. The molecule has 3 aromatic rings. The van der Waals surface area contributed by atoms with Crippen LogP contribution in [0, 0.1) is 5.82 Å². The number of sulfonamides is 1. The molecule has 3 aliphatic rings. The molecule has 43 heavy (non-hydrogen) atoms. The zero-order valence-electron chi connectivity index (χ0n) is 24.4. The third-order valence-corrected chi connectivity index (χ3v) is 11.4. The molecule has 1 N–H and O–H groups in total. The van der Waals surface area contributed by atoms with E-state index in [2.05, 4.69) is 17.0 Å². The lowest BCUT2D eigenvalue weighted by Crippen LogP contribution is -2.56. The van der Waals surface area contributed by atoms with Gasteiger partial charge in [-0.05, 0) is 81.3 Å². The number of anilines is 1. The lowest BCUT2D eigenvalue weighted by Gasteiger charge is -2.44. The summed E-state index contributed by atoms with van der Waals surface area (Å²) < 4.78 is 43.0.